The first-order chi connectivity index (χ1) is 35.3. The Morgan fingerprint density at radius 2 is 0.986 bits per heavy atom. The molecule has 1 amide bonds. The van der Waals surface area contributed by atoms with Crippen LogP contribution < -0.4 is 43.4 Å². The van der Waals surface area contributed by atoms with Gasteiger partial charge in [0, 0.05) is 23.9 Å². The van der Waals surface area contributed by atoms with E-state index >= 15 is 0 Å². The number of benzene rings is 4. The first kappa shape index (κ1) is 55.7. The maximum Gasteiger partial charge on any atom is 0.337 e. The van der Waals surface area contributed by atoms with Gasteiger partial charge in [-0.05, 0) is 120 Å². The number of rotatable bonds is 9. The molecule has 0 spiro atoms. The van der Waals surface area contributed by atoms with E-state index in [0.717, 1.165) is 37.9 Å². The average molecular weight is 1130 g/mol. The summed E-state index contributed by atoms with van der Waals surface area (Å²) in [5.74, 6) is 0.766. The topological polar surface area (TPSA) is 225 Å². The Morgan fingerprint density at radius 1 is 0.595 bits per heavy atom. The van der Waals surface area contributed by atoms with Crippen LogP contribution in [0.2, 0.25) is 10.0 Å². The van der Waals surface area contributed by atoms with E-state index in [2.05, 4.69) is 120 Å². The number of carbonyl (C=O) groups is 4. The van der Waals surface area contributed by atoms with Crippen molar-refractivity contribution in [1.29, 1.82) is 0 Å². The van der Waals surface area contributed by atoms with Gasteiger partial charge in [0.2, 0.25) is 10.2 Å². The number of nitrogens with two attached hydrogens (primary N) is 1. The second kappa shape index (κ2) is 26.5. The quantitative estimate of drug-likeness (QED) is 0.0488. The molecule has 4 aliphatic rings. The van der Waals surface area contributed by atoms with Crippen molar-refractivity contribution in [3.05, 3.63) is 187 Å². The maximum atomic E-state index is 12.5. The van der Waals surface area contributed by atoms with E-state index in [9.17, 15) is 19.2 Å². The molecule has 22 heteroatoms. The van der Waals surface area contributed by atoms with Crippen LogP contribution in [0.5, 0.6) is 0 Å². The van der Waals surface area contributed by atoms with Crippen molar-refractivity contribution >= 4 is 128 Å². The molecule has 2 fully saturated rings. The molecule has 15 nitrogen and oxygen atoms in total. The first-order valence-corrected chi connectivity index (χ1v) is 26.8. The smallest absolute Gasteiger partial charge is 0.337 e. The zero-order chi connectivity index (χ0) is 51.4. The first-order valence-electron chi connectivity index (χ1n) is 23.2. The number of nitrogens with one attached hydrogen (secondary N) is 7. The Bertz CT molecular complexity index is 2970. The molecule has 2 aliphatic carbocycles. The average Bonchev–Trinajstić information content (AvgIpc) is 3.89. The van der Waals surface area contributed by atoms with Crippen LogP contribution in [0.25, 0.3) is 0 Å². The lowest BCUT2D eigenvalue weighted by atomic mass is 9.95. The molecule has 1 unspecified atom stereocenters. The minimum absolute atomic E-state index is 0. The fourth-order valence-electron chi connectivity index (χ4n) is 8.61. The second-order valence-electron chi connectivity index (χ2n) is 17.1. The summed E-state index contributed by atoms with van der Waals surface area (Å²) in [4.78, 5) is 54.0. The normalized spacial score (nSPS) is 16.4. The van der Waals surface area contributed by atoms with Gasteiger partial charge in [0.15, 0.2) is 21.9 Å². The maximum absolute atomic E-state index is 12.5. The number of carbonyl (C=O) groups excluding carboxylic acids is 3. The van der Waals surface area contributed by atoms with Gasteiger partial charge in [-0.2, -0.15) is 0 Å². The molecule has 384 valence electrons. The summed E-state index contributed by atoms with van der Waals surface area (Å²) in [5.41, 5.74) is 27.1. The van der Waals surface area contributed by atoms with E-state index in [-0.39, 0.29) is 73.7 Å². The number of nitrogens with zero attached hydrogens (tertiary/aromatic N) is 2. The van der Waals surface area contributed by atoms with Crippen LogP contribution >= 0.6 is 83.6 Å². The van der Waals surface area contributed by atoms with Crippen LogP contribution in [-0.2, 0) is 35.3 Å². The van der Waals surface area contributed by atoms with E-state index in [1.54, 1.807) is 0 Å². The molecule has 0 radical (unpaired) electrons. The van der Waals surface area contributed by atoms with Gasteiger partial charge in [-0.25, -0.2) is 14.8 Å². The number of thiocarbonyl (C=S) groups is 2. The Balaban J connectivity index is 0.000000191. The summed E-state index contributed by atoms with van der Waals surface area (Å²) in [6, 6.07) is 35.5. The number of carboxylic acid groups (broad SMARTS) is 1. The molecule has 6 aromatic rings. The second-order valence-corrected chi connectivity index (χ2v) is 20.9. The third-order valence-corrected chi connectivity index (χ3v) is 15.4. The number of fused-ring (bicyclic) bond motifs is 4. The van der Waals surface area contributed by atoms with Crippen molar-refractivity contribution in [3.8, 4) is 0 Å². The summed E-state index contributed by atoms with van der Waals surface area (Å²) in [5, 5.41) is 19.9. The molecule has 2 atom stereocenters. The van der Waals surface area contributed by atoms with Crippen molar-refractivity contribution in [2.24, 2.45) is 5.73 Å². The number of hydrogen-bond acceptors (Lipinski definition) is 13. The van der Waals surface area contributed by atoms with Gasteiger partial charge in [0.25, 0.3) is 5.91 Å². The largest absolute Gasteiger partial charge is 0.478 e. The Morgan fingerprint density at radius 3 is 1.34 bits per heavy atom. The van der Waals surface area contributed by atoms with Gasteiger partial charge in [0.1, 0.15) is 0 Å². The highest BCUT2D eigenvalue weighted by Crippen LogP contribution is 2.34. The highest BCUT2D eigenvalue weighted by atomic mass is 35.5. The summed E-state index contributed by atoms with van der Waals surface area (Å²) in [6.07, 6.45) is 8.01. The third-order valence-electron chi connectivity index (χ3n) is 12.3. The summed E-state index contributed by atoms with van der Waals surface area (Å²) < 4.78 is 0. The number of carboxylic acids is 1. The number of hydrazine groups is 2. The number of hydrogen-bond donors (Lipinski definition) is 9. The zero-order valence-electron chi connectivity index (χ0n) is 39.4. The third kappa shape index (κ3) is 14.2. The molecule has 0 saturated carbocycles. The van der Waals surface area contributed by atoms with E-state index in [1.807, 2.05) is 24.3 Å². The minimum atomic E-state index is -1.09. The van der Waals surface area contributed by atoms with Crippen molar-refractivity contribution in [3.63, 3.8) is 0 Å². The molecule has 0 bridgehead atoms. The monoisotopic (exact) mass is 1130 g/mol. The van der Waals surface area contributed by atoms with Crippen LogP contribution in [0.3, 0.4) is 0 Å². The number of amides is 1. The summed E-state index contributed by atoms with van der Waals surface area (Å²) >= 11 is 26.1. The van der Waals surface area contributed by atoms with Gasteiger partial charge in [-0.1, -0.05) is 144 Å². The van der Waals surface area contributed by atoms with Crippen LogP contribution in [0.1, 0.15) is 90.1 Å². The van der Waals surface area contributed by atoms with Gasteiger partial charge in [-0.3, -0.25) is 36.1 Å². The Hall–Kier alpha value is -6.03. The Kier molecular flexibility index (Phi) is 19.9. The molecular formula is C52H51Cl3N10O5S4. The number of aryl methyl sites for hydroxylation is 4. The lowest BCUT2D eigenvalue weighted by Gasteiger charge is -2.24. The molecule has 10 N–H and O–H groups in total. The molecule has 2 aromatic heterocycles. The predicted molar refractivity (Wildman–Crippen MR) is 305 cm³/mol. The number of aromatic carboxylic acids is 1. The fourth-order valence-corrected chi connectivity index (χ4v) is 11.2. The van der Waals surface area contributed by atoms with Crippen molar-refractivity contribution in [2.75, 3.05) is 22.4 Å². The van der Waals surface area contributed by atoms with Gasteiger partial charge in [-0.15, -0.1) is 12.4 Å². The highest BCUT2D eigenvalue weighted by molar-refractivity contribution is 8.14. The molecule has 4 aromatic carbocycles. The van der Waals surface area contributed by atoms with Crippen LogP contribution in [0.15, 0.2) is 122 Å². The predicted octanol–water partition coefficient (Wildman–Crippen LogP) is 8.69. The van der Waals surface area contributed by atoms with Crippen molar-refractivity contribution in [1.82, 2.24) is 36.8 Å². The molecule has 2 saturated heterocycles. The van der Waals surface area contributed by atoms with E-state index in [0.29, 0.717) is 28.2 Å². The summed E-state index contributed by atoms with van der Waals surface area (Å²) in [7, 11) is 0. The zero-order valence-corrected chi connectivity index (χ0v) is 45.0. The molecular weight excluding hydrogens is 1080 g/mol. The minimum Gasteiger partial charge on any atom is -0.478 e. The number of aromatic nitrogens is 2. The van der Waals surface area contributed by atoms with E-state index < -0.39 is 12.0 Å². The van der Waals surface area contributed by atoms with Crippen molar-refractivity contribution in [2.45, 2.75) is 62.7 Å². The molecule has 10 rings (SSSR count). The van der Waals surface area contributed by atoms with Crippen LogP contribution in [-0.4, -0.2) is 71.0 Å². The lowest BCUT2D eigenvalue weighted by Crippen LogP contribution is -2.41. The molecule has 4 heterocycles. The number of thioether (sulfide) groups is 2. The Labute approximate surface area is 463 Å². The standard InChI is InChI=1S/C26H24ClN5O2S2.C22H19ClN4O2S.C4H7NOS.ClH/c27-20-13-17(24(33)29-21-11-12-36-25(21)34)14-28-23(20)31-32-26(35)30-22-18-7-3-1-5-15(18)9-10-16-6-2-4-8-19(16)22;23-18-11-15(21(28)29)12-24-20(18)26-27-22(30)25-19-16-7-3-1-5-13(16)9-10-14-6-2-4-8-17(14)19;5-3-1-2-7-4(3)6;/h1-8,13-14,21-22H,9-12H2,(H,28,31)(H,29,33)(H2,30,32,35);1-8,11-12,19H,9-10H2,(H,24,26)(H,28,29)(H2,25,27,30);3H,1-2,5H2;1H/t;;3-;/m..1./s1. The molecule has 74 heavy (non-hydrogen) atoms. The van der Waals surface area contributed by atoms with Gasteiger partial charge in [0.05, 0.1) is 45.3 Å². The molecule has 2 aliphatic heterocycles. The van der Waals surface area contributed by atoms with Gasteiger partial charge < -0.3 is 26.8 Å². The van der Waals surface area contributed by atoms with Crippen molar-refractivity contribution < 1.29 is 24.3 Å². The fraction of sp³-hybridized carbons (Fsp3) is 0.231. The number of anilines is 2. The van der Waals surface area contributed by atoms with Crippen LogP contribution in [0.4, 0.5) is 11.6 Å². The van der Waals surface area contributed by atoms with Crippen LogP contribution in [0, 0.1) is 0 Å². The SMILES string of the molecule is Cl.N[C@@H]1CCSC1=O.O=C(NC1CCSC1=O)c1cnc(NNC(=S)NC2c3ccccc3CCc3ccccc32)c(Cl)c1.O=C(O)c1cnc(NNC(=S)NC2c3ccccc3CCc3ccccc32)c(Cl)c1. The van der Waals surface area contributed by atoms with Gasteiger partial charge >= 0.3 is 5.97 Å². The number of pyridine rings is 2. The lowest BCUT2D eigenvalue weighted by molar-refractivity contribution is -0.112. The van der Waals surface area contributed by atoms with E-state index in [4.69, 9.17) is 58.5 Å². The highest BCUT2D eigenvalue weighted by Gasteiger charge is 2.29. The summed E-state index contributed by atoms with van der Waals surface area (Å²) in [6.45, 7) is 0. The number of halogens is 3. The van der Waals surface area contributed by atoms with E-state index in [1.165, 1.54) is 92.6 Å².